The van der Waals surface area contributed by atoms with Crippen LogP contribution in [0, 0.1) is 6.92 Å². The lowest BCUT2D eigenvalue weighted by molar-refractivity contribution is -0.137. The van der Waals surface area contributed by atoms with Crippen LogP contribution in [0.5, 0.6) is 0 Å². The minimum absolute atomic E-state index is 0.202. The van der Waals surface area contributed by atoms with Crippen LogP contribution in [0.4, 0.5) is 11.4 Å². The minimum atomic E-state index is -2.29. The van der Waals surface area contributed by atoms with Crippen LogP contribution in [0.2, 0.25) is 11.6 Å². The summed E-state index contributed by atoms with van der Waals surface area (Å²) >= 11 is 0. The number of fused-ring (bicyclic) bond motifs is 2. The molecule has 0 radical (unpaired) electrons. The quantitative estimate of drug-likeness (QED) is 0.426. The molecule has 0 aromatic heterocycles. The van der Waals surface area contributed by atoms with Gasteiger partial charge < -0.3 is 10.4 Å². The molecule has 1 unspecified atom stereocenters. The molecule has 1 aromatic rings. The number of hydrogen-bond acceptors (Lipinski definition) is 4. The van der Waals surface area contributed by atoms with E-state index < -0.39 is 14.0 Å². The number of aliphatic imine (C=N–C) groups is 2. The van der Waals surface area contributed by atoms with Gasteiger partial charge in [0.05, 0.1) is 17.1 Å². The van der Waals surface area contributed by atoms with Crippen molar-refractivity contribution in [1.82, 2.24) is 0 Å². The molecule has 2 N–H and O–H groups in total. The zero-order valence-corrected chi connectivity index (χ0v) is 20.7. The molecule has 2 aliphatic rings. The second-order valence-electron chi connectivity index (χ2n) is 8.83. The number of hydrogen-bond donors (Lipinski definition) is 2. The van der Waals surface area contributed by atoms with Crippen LogP contribution in [0.25, 0.3) is 0 Å². The summed E-state index contributed by atoms with van der Waals surface area (Å²) in [7, 11) is -2.29. The number of carbonyl (C=O) groups is 1. The third-order valence-corrected chi connectivity index (χ3v) is 12.3. The molecule has 0 saturated heterocycles. The third-order valence-electron chi connectivity index (χ3n) is 6.50. The largest absolute Gasteiger partial charge is 0.481 e. The van der Waals surface area contributed by atoms with Gasteiger partial charge in [-0.1, -0.05) is 13.8 Å². The summed E-state index contributed by atoms with van der Waals surface area (Å²) in [5, 5.41) is 15.5. The first-order valence-corrected chi connectivity index (χ1v) is 13.7. The Morgan fingerprint density at radius 1 is 1.23 bits per heavy atom. The number of aliphatic carboxylic acids is 1. The Bertz CT molecular complexity index is 1000. The van der Waals surface area contributed by atoms with Crippen molar-refractivity contribution in [3.8, 4) is 0 Å². The van der Waals surface area contributed by atoms with Crippen LogP contribution >= 0.6 is 0 Å². The molecule has 31 heavy (non-hydrogen) atoms. The molecule has 1 aliphatic heterocycles. The van der Waals surface area contributed by atoms with Crippen molar-refractivity contribution in [1.29, 1.82) is 0 Å². The van der Waals surface area contributed by atoms with Gasteiger partial charge in [0.25, 0.3) is 0 Å². The molecular weight excluding hydrogens is 402 g/mol. The predicted molar refractivity (Wildman–Crippen MR) is 134 cm³/mol. The van der Waals surface area contributed by atoms with E-state index in [1.54, 1.807) is 0 Å². The fraction of sp³-hybridized carbons (Fsp3) is 0.480. The summed E-state index contributed by atoms with van der Waals surface area (Å²) in [6.07, 6.45) is 5.33. The van der Waals surface area contributed by atoms with Crippen LogP contribution < -0.4 is 10.5 Å². The van der Waals surface area contributed by atoms with E-state index in [2.05, 4.69) is 71.1 Å². The van der Waals surface area contributed by atoms with E-state index >= 15 is 0 Å². The zero-order chi connectivity index (χ0) is 22.8. The van der Waals surface area contributed by atoms with E-state index in [-0.39, 0.29) is 6.42 Å². The third kappa shape index (κ3) is 4.31. The van der Waals surface area contributed by atoms with Crippen molar-refractivity contribution in [2.45, 2.75) is 66.0 Å². The average Bonchev–Trinajstić information content (AvgIpc) is 2.69. The van der Waals surface area contributed by atoms with Gasteiger partial charge in [-0.3, -0.25) is 9.79 Å². The Hall–Kier alpha value is -2.47. The van der Waals surface area contributed by atoms with Crippen LogP contribution in [0.1, 0.15) is 53.0 Å². The van der Waals surface area contributed by atoms with Gasteiger partial charge in [0.1, 0.15) is 8.07 Å². The molecule has 5 nitrogen and oxygen atoms in total. The lowest BCUT2D eigenvalue weighted by Crippen LogP contribution is -2.57. The van der Waals surface area contributed by atoms with Gasteiger partial charge in [0.15, 0.2) is 0 Å². The summed E-state index contributed by atoms with van der Waals surface area (Å²) in [6.45, 7) is 14.6. The molecule has 0 bridgehead atoms. The smallest absolute Gasteiger partial charge is 0.303 e. The lowest BCUT2D eigenvalue weighted by atomic mass is 10.0. The van der Waals surface area contributed by atoms with E-state index in [9.17, 15) is 9.90 Å². The van der Waals surface area contributed by atoms with Gasteiger partial charge in [-0.05, 0) is 91.5 Å². The number of allylic oxidation sites excluding steroid dienone is 4. The maximum absolute atomic E-state index is 11.3. The summed E-state index contributed by atoms with van der Waals surface area (Å²) in [6, 6.07) is 5.41. The second kappa shape index (κ2) is 9.35. The van der Waals surface area contributed by atoms with Crippen molar-refractivity contribution in [2.24, 2.45) is 9.98 Å². The number of nitrogens with zero attached hydrogens (tertiary/aromatic N) is 2. The average molecular weight is 438 g/mol. The Kier molecular flexibility index (Phi) is 6.99. The van der Waals surface area contributed by atoms with E-state index in [0.717, 1.165) is 47.5 Å². The summed E-state index contributed by atoms with van der Waals surface area (Å²) in [4.78, 5) is 21.2. The molecule has 0 amide bonds. The highest BCUT2D eigenvalue weighted by Gasteiger charge is 2.48. The van der Waals surface area contributed by atoms with Crippen LogP contribution in [-0.2, 0) is 4.79 Å². The molecule has 0 saturated carbocycles. The minimum Gasteiger partial charge on any atom is -0.481 e. The number of carboxylic acids is 1. The summed E-state index contributed by atoms with van der Waals surface area (Å²) in [5.74, 6) is -0.725. The van der Waals surface area contributed by atoms with Crippen LogP contribution in [0.15, 0.2) is 45.0 Å². The zero-order valence-electron chi connectivity index (χ0n) is 19.7. The second-order valence-corrected chi connectivity index (χ2v) is 13.5. The Balaban J connectivity index is 2.29. The summed E-state index contributed by atoms with van der Waals surface area (Å²) < 4.78 is 0. The number of carboxylic acid groups (broad SMARTS) is 1. The molecule has 1 atom stereocenters. The highest BCUT2D eigenvalue weighted by molar-refractivity contribution is 7.03. The van der Waals surface area contributed by atoms with E-state index in [0.29, 0.717) is 12.0 Å². The fourth-order valence-corrected chi connectivity index (χ4v) is 10.3. The Morgan fingerprint density at radius 3 is 2.58 bits per heavy atom. The number of rotatable bonds is 8. The van der Waals surface area contributed by atoms with Gasteiger partial charge in [-0.15, -0.1) is 0 Å². The van der Waals surface area contributed by atoms with Gasteiger partial charge in [-0.2, -0.15) is 0 Å². The Morgan fingerprint density at radius 2 is 1.97 bits per heavy atom. The first kappa shape index (κ1) is 23.2. The molecule has 1 aliphatic carbocycles. The molecule has 3 rings (SSSR count). The van der Waals surface area contributed by atoms with Crippen LogP contribution in [-0.4, -0.2) is 43.7 Å². The summed E-state index contributed by atoms with van der Waals surface area (Å²) in [5.41, 5.74) is 7.04. The van der Waals surface area contributed by atoms with Gasteiger partial charge >= 0.3 is 5.97 Å². The lowest BCUT2D eigenvalue weighted by Gasteiger charge is -2.43. The van der Waals surface area contributed by atoms with E-state index in [1.807, 2.05) is 0 Å². The van der Waals surface area contributed by atoms with E-state index in [1.165, 1.54) is 15.9 Å². The molecule has 166 valence electrons. The molecule has 1 aromatic carbocycles. The first-order valence-electron chi connectivity index (χ1n) is 11.4. The van der Waals surface area contributed by atoms with Crippen molar-refractivity contribution < 1.29 is 9.90 Å². The normalized spacial score (nSPS) is 21.3. The monoisotopic (exact) mass is 437 g/mol. The maximum Gasteiger partial charge on any atom is 0.303 e. The predicted octanol–water partition coefficient (Wildman–Crippen LogP) is 5.33. The topological polar surface area (TPSA) is 74.0 Å². The maximum atomic E-state index is 11.3. The fourth-order valence-electron chi connectivity index (χ4n) is 4.97. The number of anilines is 1. The molecule has 0 fully saturated rings. The van der Waals surface area contributed by atoms with E-state index in [4.69, 9.17) is 9.98 Å². The van der Waals surface area contributed by atoms with Gasteiger partial charge in [-0.25, -0.2) is 4.99 Å². The Labute approximate surface area is 187 Å². The van der Waals surface area contributed by atoms with Gasteiger partial charge in [0, 0.05) is 25.2 Å². The highest BCUT2D eigenvalue weighted by Crippen LogP contribution is 2.43. The molecule has 0 spiro atoms. The van der Waals surface area contributed by atoms with Crippen molar-refractivity contribution >= 4 is 42.0 Å². The van der Waals surface area contributed by atoms with Crippen LogP contribution in [0.3, 0.4) is 0 Å². The van der Waals surface area contributed by atoms with Crippen molar-refractivity contribution in [3.63, 3.8) is 0 Å². The number of benzene rings is 1. The van der Waals surface area contributed by atoms with Gasteiger partial charge in [0.2, 0.25) is 0 Å². The molecule has 1 heterocycles. The number of aryl methyl sites for hydroxylation is 1. The molecular formula is C25H35N3O2Si. The highest BCUT2D eigenvalue weighted by atomic mass is 28.3. The number of nitrogens with one attached hydrogen (secondary N) is 1. The van der Waals surface area contributed by atoms with Crippen molar-refractivity contribution in [2.75, 3.05) is 18.4 Å². The standard InChI is InChI=1S/C25H35N3O2Si/c1-7-26-19-14-23-21(12-17(19)5)28-22-13-18(6)20(27-8-2)15-24(22)31(23,16(3)4)11-9-10-25(29)30/h12-16,26H,7-11H2,1-6H3,(H,29,30)/b27-20-. The van der Waals surface area contributed by atoms with Crippen molar-refractivity contribution in [3.05, 3.63) is 40.6 Å². The molecule has 6 heteroatoms. The first-order chi connectivity index (χ1) is 14.7. The SMILES string of the molecule is CC/N=C1/C=C2C(=Nc3cc(C)c(NCC)cc3[Si]2(CCCC(=O)O)C(C)C)C=C1C.